The SMILES string of the molecule is Cc1nc(CCN(Cc2ccccc2)CC(C)(C)O)cs1. The van der Waals surface area contributed by atoms with Gasteiger partial charge in [-0.25, -0.2) is 4.98 Å². The van der Waals surface area contributed by atoms with Crippen LogP contribution >= 0.6 is 11.3 Å². The minimum absolute atomic E-state index is 0.658. The average molecular weight is 304 g/mol. The van der Waals surface area contributed by atoms with Crippen LogP contribution in [0.5, 0.6) is 0 Å². The summed E-state index contributed by atoms with van der Waals surface area (Å²) in [6.45, 7) is 8.17. The molecule has 2 aromatic rings. The summed E-state index contributed by atoms with van der Waals surface area (Å²) in [4.78, 5) is 6.81. The van der Waals surface area contributed by atoms with Crippen molar-refractivity contribution < 1.29 is 5.11 Å². The van der Waals surface area contributed by atoms with Gasteiger partial charge < -0.3 is 5.11 Å². The molecule has 0 saturated heterocycles. The predicted molar refractivity (Wildman–Crippen MR) is 88.6 cm³/mol. The van der Waals surface area contributed by atoms with Crippen molar-refractivity contribution in [3.05, 3.63) is 52.0 Å². The summed E-state index contributed by atoms with van der Waals surface area (Å²) in [5.41, 5.74) is 1.73. The first-order valence-corrected chi connectivity index (χ1v) is 8.20. The zero-order chi connectivity index (χ0) is 15.3. The molecule has 1 N–H and O–H groups in total. The first-order chi connectivity index (χ1) is 9.92. The Kier molecular flexibility index (Phi) is 5.51. The molecule has 3 nitrogen and oxygen atoms in total. The highest BCUT2D eigenvalue weighted by molar-refractivity contribution is 7.09. The lowest BCUT2D eigenvalue weighted by Gasteiger charge is -2.29. The van der Waals surface area contributed by atoms with E-state index in [0.29, 0.717) is 6.54 Å². The molecule has 0 atom stereocenters. The highest BCUT2D eigenvalue weighted by Gasteiger charge is 2.18. The molecule has 0 saturated carbocycles. The highest BCUT2D eigenvalue weighted by atomic mass is 32.1. The van der Waals surface area contributed by atoms with Gasteiger partial charge in [-0.05, 0) is 26.3 Å². The number of aromatic nitrogens is 1. The molecule has 1 aromatic carbocycles. The van der Waals surface area contributed by atoms with Crippen LogP contribution in [0.25, 0.3) is 0 Å². The average Bonchev–Trinajstić information content (AvgIpc) is 2.81. The van der Waals surface area contributed by atoms with Crippen LogP contribution in [0.1, 0.15) is 30.1 Å². The molecule has 2 rings (SSSR count). The molecule has 0 radical (unpaired) electrons. The fourth-order valence-electron chi connectivity index (χ4n) is 2.40. The normalized spacial score (nSPS) is 12.0. The Morgan fingerprint density at radius 2 is 1.95 bits per heavy atom. The third-order valence-corrected chi connectivity index (χ3v) is 4.03. The number of hydrogen-bond donors (Lipinski definition) is 1. The van der Waals surface area contributed by atoms with E-state index in [-0.39, 0.29) is 0 Å². The molecule has 0 bridgehead atoms. The maximum atomic E-state index is 10.1. The fraction of sp³-hybridized carbons (Fsp3) is 0.471. The third-order valence-electron chi connectivity index (χ3n) is 3.21. The van der Waals surface area contributed by atoms with Gasteiger partial charge in [0.15, 0.2) is 0 Å². The van der Waals surface area contributed by atoms with Gasteiger partial charge in [0.25, 0.3) is 0 Å². The zero-order valence-electron chi connectivity index (χ0n) is 13.0. The van der Waals surface area contributed by atoms with Crippen LogP contribution in [0.2, 0.25) is 0 Å². The highest BCUT2D eigenvalue weighted by Crippen LogP contribution is 2.13. The second-order valence-electron chi connectivity index (χ2n) is 6.12. The van der Waals surface area contributed by atoms with E-state index in [1.165, 1.54) is 5.56 Å². The molecule has 0 aliphatic rings. The van der Waals surface area contributed by atoms with E-state index in [1.54, 1.807) is 11.3 Å². The Balaban J connectivity index is 1.98. The molecule has 1 aromatic heterocycles. The molecule has 0 spiro atoms. The van der Waals surface area contributed by atoms with Crippen LogP contribution < -0.4 is 0 Å². The Bertz CT molecular complexity index is 545. The second kappa shape index (κ2) is 7.16. The Hall–Kier alpha value is -1.23. The van der Waals surface area contributed by atoms with Gasteiger partial charge in [0, 0.05) is 31.4 Å². The van der Waals surface area contributed by atoms with Crippen LogP contribution in [0, 0.1) is 6.92 Å². The van der Waals surface area contributed by atoms with Gasteiger partial charge in [-0.15, -0.1) is 11.3 Å². The lowest BCUT2D eigenvalue weighted by Crippen LogP contribution is -2.39. The van der Waals surface area contributed by atoms with Crippen molar-refractivity contribution >= 4 is 11.3 Å². The van der Waals surface area contributed by atoms with Crippen molar-refractivity contribution in [2.45, 2.75) is 39.3 Å². The maximum Gasteiger partial charge on any atom is 0.0897 e. The van der Waals surface area contributed by atoms with Gasteiger partial charge in [-0.3, -0.25) is 4.90 Å². The molecule has 0 fully saturated rings. The van der Waals surface area contributed by atoms with Crippen LogP contribution in [0.4, 0.5) is 0 Å². The quantitative estimate of drug-likeness (QED) is 0.853. The van der Waals surface area contributed by atoms with Crippen molar-refractivity contribution in [1.29, 1.82) is 0 Å². The summed E-state index contributed by atoms with van der Waals surface area (Å²) >= 11 is 1.69. The van der Waals surface area contributed by atoms with Crippen molar-refractivity contribution in [2.75, 3.05) is 13.1 Å². The number of nitrogens with zero attached hydrogens (tertiary/aromatic N) is 2. The lowest BCUT2D eigenvalue weighted by atomic mass is 10.1. The second-order valence-corrected chi connectivity index (χ2v) is 7.18. The summed E-state index contributed by atoms with van der Waals surface area (Å²) in [5, 5.41) is 13.4. The van der Waals surface area contributed by atoms with E-state index in [0.717, 1.165) is 30.2 Å². The van der Waals surface area contributed by atoms with Crippen LogP contribution in [-0.2, 0) is 13.0 Å². The minimum Gasteiger partial charge on any atom is -0.389 e. The van der Waals surface area contributed by atoms with Crippen molar-refractivity contribution in [3.8, 4) is 0 Å². The predicted octanol–water partition coefficient (Wildman–Crippen LogP) is 3.27. The third kappa shape index (κ3) is 5.96. The van der Waals surface area contributed by atoms with E-state index >= 15 is 0 Å². The molecule has 0 unspecified atom stereocenters. The summed E-state index contributed by atoms with van der Waals surface area (Å²) in [6, 6.07) is 10.4. The summed E-state index contributed by atoms with van der Waals surface area (Å²) in [6.07, 6.45) is 0.924. The van der Waals surface area contributed by atoms with Gasteiger partial charge in [0.1, 0.15) is 0 Å². The van der Waals surface area contributed by atoms with Crippen LogP contribution in [0.3, 0.4) is 0 Å². The molecule has 0 amide bonds. The van der Waals surface area contributed by atoms with Crippen molar-refractivity contribution in [2.24, 2.45) is 0 Å². The first-order valence-electron chi connectivity index (χ1n) is 7.32. The van der Waals surface area contributed by atoms with Crippen molar-refractivity contribution in [3.63, 3.8) is 0 Å². The Morgan fingerprint density at radius 1 is 1.24 bits per heavy atom. The van der Waals surface area contributed by atoms with Crippen molar-refractivity contribution in [1.82, 2.24) is 9.88 Å². The summed E-state index contributed by atoms with van der Waals surface area (Å²) < 4.78 is 0. The van der Waals surface area contributed by atoms with E-state index in [9.17, 15) is 5.11 Å². The van der Waals surface area contributed by atoms with Gasteiger partial charge >= 0.3 is 0 Å². The van der Waals surface area contributed by atoms with Gasteiger partial charge in [-0.1, -0.05) is 30.3 Å². The number of benzene rings is 1. The maximum absolute atomic E-state index is 10.1. The number of thiazole rings is 1. The first kappa shape index (κ1) is 16.1. The van der Waals surface area contributed by atoms with Gasteiger partial charge in [0.2, 0.25) is 0 Å². The molecule has 21 heavy (non-hydrogen) atoms. The molecule has 114 valence electrons. The van der Waals surface area contributed by atoms with Crippen LogP contribution in [-0.4, -0.2) is 33.7 Å². The molecular formula is C17H24N2OS. The zero-order valence-corrected chi connectivity index (χ0v) is 13.9. The number of aryl methyl sites for hydroxylation is 1. The monoisotopic (exact) mass is 304 g/mol. The Labute approximate surface area is 131 Å². The van der Waals surface area contributed by atoms with E-state index in [2.05, 4.69) is 39.5 Å². The van der Waals surface area contributed by atoms with E-state index in [1.807, 2.05) is 26.8 Å². The smallest absolute Gasteiger partial charge is 0.0897 e. The largest absolute Gasteiger partial charge is 0.389 e. The molecular weight excluding hydrogens is 280 g/mol. The summed E-state index contributed by atoms with van der Waals surface area (Å²) in [7, 11) is 0. The number of rotatable bonds is 7. The number of aliphatic hydroxyl groups is 1. The lowest BCUT2D eigenvalue weighted by molar-refractivity contribution is 0.0338. The van der Waals surface area contributed by atoms with E-state index < -0.39 is 5.60 Å². The molecule has 0 aliphatic carbocycles. The molecule has 4 heteroatoms. The molecule has 0 aliphatic heterocycles. The fourth-order valence-corrected chi connectivity index (χ4v) is 3.05. The Morgan fingerprint density at radius 3 is 2.52 bits per heavy atom. The van der Waals surface area contributed by atoms with Gasteiger partial charge in [0.05, 0.1) is 16.3 Å². The topological polar surface area (TPSA) is 36.4 Å². The standard InChI is InChI=1S/C17H24N2OS/c1-14-18-16(12-21-14)9-10-19(13-17(2,3)20)11-15-7-5-4-6-8-15/h4-8,12,20H,9-11,13H2,1-3H3. The van der Waals surface area contributed by atoms with Gasteiger partial charge in [-0.2, -0.15) is 0 Å². The number of hydrogen-bond acceptors (Lipinski definition) is 4. The van der Waals surface area contributed by atoms with Crippen LogP contribution in [0.15, 0.2) is 35.7 Å². The summed E-state index contributed by atoms with van der Waals surface area (Å²) in [5.74, 6) is 0. The van der Waals surface area contributed by atoms with E-state index in [4.69, 9.17) is 0 Å². The molecule has 1 heterocycles. The minimum atomic E-state index is -0.688.